The van der Waals surface area contributed by atoms with Crippen LogP contribution in [0.25, 0.3) is 16.2 Å². The Labute approximate surface area is 65.5 Å². The number of fused-ring (bicyclic) bond motifs is 1. The van der Waals surface area contributed by atoms with E-state index in [1.165, 1.54) is 10.6 Å². The summed E-state index contributed by atoms with van der Waals surface area (Å²) < 4.78 is 1.37. The fourth-order valence-corrected chi connectivity index (χ4v) is 0.737. The molecule has 2 heterocycles. The number of tetrazole rings is 1. The van der Waals surface area contributed by atoms with Crippen LogP contribution in [0.1, 0.15) is 0 Å². The van der Waals surface area contributed by atoms with Crippen LogP contribution in [0.3, 0.4) is 0 Å². The molecule has 8 heteroatoms. The van der Waals surface area contributed by atoms with Gasteiger partial charge in [-0.2, -0.15) is 4.52 Å². The first-order valence-electron chi connectivity index (χ1n) is 3.00. The molecule has 0 aliphatic rings. The average molecular weight is 162 g/mol. The van der Waals surface area contributed by atoms with Gasteiger partial charge < -0.3 is 0 Å². The van der Waals surface area contributed by atoms with Gasteiger partial charge in [-0.15, -0.1) is 0 Å². The third-order valence-corrected chi connectivity index (χ3v) is 1.20. The Morgan fingerprint density at radius 2 is 2.50 bits per heavy atom. The summed E-state index contributed by atoms with van der Waals surface area (Å²) >= 11 is 0. The number of nitrogens with zero attached hydrogens (tertiary/aromatic N) is 8. The molecule has 8 nitrogen and oxygen atoms in total. The average Bonchev–Trinajstić information content (AvgIpc) is 2.51. The highest BCUT2D eigenvalue weighted by Crippen LogP contribution is 2.06. The molecule has 2 aromatic rings. The summed E-state index contributed by atoms with van der Waals surface area (Å²) in [5.74, 6) is 0.555. The molecule has 0 aliphatic heterocycles. The van der Waals surface area contributed by atoms with E-state index in [2.05, 4.69) is 30.5 Å². The van der Waals surface area contributed by atoms with Gasteiger partial charge >= 0.3 is 0 Å². The van der Waals surface area contributed by atoms with Crippen LogP contribution in [0.15, 0.2) is 17.4 Å². The van der Waals surface area contributed by atoms with Crippen LogP contribution in [-0.4, -0.2) is 25.0 Å². The topological polar surface area (TPSA) is 105 Å². The maximum absolute atomic E-state index is 8.10. The van der Waals surface area contributed by atoms with Gasteiger partial charge in [0.2, 0.25) is 0 Å². The summed E-state index contributed by atoms with van der Waals surface area (Å²) in [5, 5.41) is 13.8. The Balaban J connectivity index is 2.67. The minimum absolute atomic E-state index is 0.250. The quantitative estimate of drug-likeness (QED) is 0.345. The third kappa shape index (κ3) is 0.917. The van der Waals surface area contributed by atoms with E-state index in [1.807, 2.05) is 0 Å². The normalized spacial score (nSPS) is 9.67. The zero-order chi connectivity index (χ0) is 8.39. The Morgan fingerprint density at radius 1 is 1.58 bits per heavy atom. The molecule has 0 aromatic carbocycles. The highest BCUT2D eigenvalue weighted by molar-refractivity contribution is 5.34. The van der Waals surface area contributed by atoms with E-state index in [0.29, 0.717) is 5.78 Å². The largest absolute Gasteiger partial charge is 0.273 e. The summed E-state index contributed by atoms with van der Waals surface area (Å²) in [6, 6.07) is 1.52. The summed E-state index contributed by atoms with van der Waals surface area (Å²) in [5.41, 5.74) is 8.10. The van der Waals surface area contributed by atoms with E-state index >= 15 is 0 Å². The minimum atomic E-state index is 0.250. The lowest BCUT2D eigenvalue weighted by molar-refractivity contribution is 0.821. The lowest BCUT2D eigenvalue weighted by Gasteiger charge is -1.88. The molecule has 0 saturated heterocycles. The Kier molecular flexibility index (Phi) is 1.32. The number of hydrogen-bond acceptors (Lipinski definition) is 5. The van der Waals surface area contributed by atoms with Gasteiger partial charge in [0.1, 0.15) is 5.82 Å². The predicted octanol–water partition coefficient (Wildman–Crippen LogP) is 0.461. The molecule has 0 unspecified atom stereocenters. The highest BCUT2D eigenvalue weighted by Gasteiger charge is 1.97. The van der Waals surface area contributed by atoms with E-state index in [4.69, 9.17) is 5.53 Å². The van der Waals surface area contributed by atoms with Crippen molar-refractivity contribution in [1.29, 1.82) is 0 Å². The first-order chi connectivity index (χ1) is 5.90. The molecule has 12 heavy (non-hydrogen) atoms. The first kappa shape index (κ1) is 6.50. The lowest BCUT2D eigenvalue weighted by Crippen LogP contribution is -1.88. The van der Waals surface area contributed by atoms with Crippen LogP contribution < -0.4 is 0 Å². The summed E-state index contributed by atoms with van der Waals surface area (Å²) in [6.45, 7) is 0. The standard InChI is InChI=1S/C4H2N8/c5-9-7-3-1-2-12-4(6-3)8-10-11-12/h1-2H. The fraction of sp³-hybridized carbons (Fsp3) is 0. The van der Waals surface area contributed by atoms with Gasteiger partial charge in [0.25, 0.3) is 5.78 Å². The molecule has 0 radical (unpaired) electrons. The van der Waals surface area contributed by atoms with Gasteiger partial charge in [-0.05, 0) is 27.1 Å². The Bertz CT molecular complexity index is 451. The molecular formula is C4H2N8. The second-order valence-electron chi connectivity index (χ2n) is 1.90. The van der Waals surface area contributed by atoms with E-state index in [0.717, 1.165) is 0 Å². The van der Waals surface area contributed by atoms with Crippen molar-refractivity contribution in [2.45, 2.75) is 0 Å². The SMILES string of the molecule is [N-]=[N+]=Nc1ccn2nnnc2n1. The van der Waals surface area contributed by atoms with Gasteiger partial charge in [-0.3, -0.25) is 0 Å². The molecule has 2 aromatic heterocycles. The van der Waals surface area contributed by atoms with Gasteiger partial charge in [-0.1, -0.05) is 5.10 Å². The molecule has 0 saturated carbocycles. The van der Waals surface area contributed by atoms with Crippen molar-refractivity contribution in [3.63, 3.8) is 0 Å². The fourth-order valence-electron chi connectivity index (χ4n) is 0.737. The molecule has 0 bridgehead atoms. The lowest BCUT2D eigenvalue weighted by atomic mass is 10.6. The highest BCUT2D eigenvalue weighted by atomic mass is 15.5. The zero-order valence-corrected chi connectivity index (χ0v) is 5.73. The van der Waals surface area contributed by atoms with E-state index in [-0.39, 0.29) is 5.82 Å². The van der Waals surface area contributed by atoms with Crippen LogP contribution in [0, 0.1) is 0 Å². The maximum atomic E-state index is 8.10. The molecule has 0 fully saturated rings. The second-order valence-corrected chi connectivity index (χ2v) is 1.90. The molecular weight excluding hydrogens is 160 g/mol. The molecule has 0 amide bonds. The molecule has 0 atom stereocenters. The van der Waals surface area contributed by atoms with E-state index < -0.39 is 0 Å². The Hall–Kier alpha value is -2.21. The summed E-state index contributed by atoms with van der Waals surface area (Å²) in [6.07, 6.45) is 1.56. The number of hydrogen-bond donors (Lipinski definition) is 0. The van der Waals surface area contributed by atoms with Crippen LogP contribution in [0.2, 0.25) is 0 Å². The Morgan fingerprint density at radius 3 is 3.33 bits per heavy atom. The molecule has 0 N–H and O–H groups in total. The molecule has 58 valence electrons. The zero-order valence-electron chi connectivity index (χ0n) is 5.73. The first-order valence-corrected chi connectivity index (χ1v) is 3.00. The van der Waals surface area contributed by atoms with Crippen molar-refractivity contribution in [3.8, 4) is 0 Å². The smallest absolute Gasteiger partial charge is 0.208 e. The van der Waals surface area contributed by atoms with Crippen molar-refractivity contribution in [2.24, 2.45) is 5.11 Å². The van der Waals surface area contributed by atoms with Gasteiger partial charge in [0, 0.05) is 11.1 Å². The number of rotatable bonds is 1. The van der Waals surface area contributed by atoms with Crippen molar-refractivity contribution in [3.05, 3.63) is 22.7 Å². The monoisotopic (exact) mass is 162 g/mol. The van der Waals surface area contributed by atoms with Crippen LogP contribution in [0.4, 0.5) is 5.82 Å². The summed E-state index contributed by atoms with van der Waals surface area (Å²) in [7, 11) is 0. The van der Waals surface area contributed by atoms with Crippen molar-refractivity contribution < 1.29 is 0 Å². The minimum Gasteiger partial charge on any atom is -0.208 e. The summed E-state index contributed by atoms with van der Waals surface area (Å²) in [4.78, 5) is 6.41. The van der Waals surface area contributed by atoms with Gasteiger partial charge in [-0.25, -0.2) is 4.98 Å². The molecule has 0 aliphatic carbocycles. The predicted molar refractivity (Wildman–Crippen MR) is 37.4 cm³/mol. The van der Waals surface area contributed by atoms with E-state index in [9.17, 15) is 0 Å². The van der Waals surface area contributed by atoms with E-state index in [1.54, 1.807) is 6.20 Å². The number of aromatic nitrogens is 5. The van der Waals surface area contributed by atoms with Crippen molar-refractivity contribution in [2.75, 3.05) is 0 Å². The van der Waals surface area contributed by atoms with Crippen molar-refractivity contribution >= 4 is 11.6 Å². The van der Waals surface area contributed by atoms with Crippen molar-refractivity contribution in [1.82, 2.24) is 25.0 Å². The van der Waals surface area contributed by atoms with Crippen LogP contribution >= 0.6 is 0 Å². The molecule has 0 spiro atoms. The maximum Gasteiger partial charge on any atom is 0.273 e. The number of azide groups is 1. The third-order valence-electron chi connectivity index (χ3n) is 1.20. The van der Waals surface area contributed by atoms with Crippen LogP contribution in [0.5, 0.6) is 0 Å². The van der Waals surface area contributed by atoms with Crippen LogP contribution in [-0.2, 0) is 0 Å². The van der Waals surface area contributed by atoms with Gasteiger partial charge in [0.05, 0.1) is 0 Å². The second kappa shape index (κ2) is 2.44. The van der Waals surface area contributed by atoms with Gasteiger partial charge in [0.15, 0.2) is 0 Å². The molecule has 2 rings (SSSR count).